The van der Waals surface area contributed by atoms with Gasteiger partial charge in [-0.25, -0.2) is 0 Å². The van der Waals surface area contributed by atoms with Crippen LogP contribution >= 0.6 is 0 Å². The molecule has 110 valence electrons. The van der Waals surface area contributed by atoms with Gasteiger partial charge in [-0.15, -0.1) is 0 Å². The normalized spacial score (nSPS) is 28.2. The van der Waals surface area contributed by atoms with Gasteiger partial charge in [0.15, 0.2) is 0 Å². The van der Waals surface area contributed by atoms with Gasteiger partial charge in [-0.2, -0.15) is 0 Å². The number of nitrogens with one attached hydrogen (secondary N) is 1. The Bertz CT molecular complexity index is 297. The third-order valence-corrected chi connectivity index (χ3v) is 5.09. The van der Waals surface area contributed by atoms with E-state index < -0.39 is 0 Å². The Labute approximate surface area is 118 Å². The molecule has 1 N–H and O–H groups in total. The van der Waals surface area contributed by atoms with Gasteiger partial charge in [0.25, 0.3) is 0 Å². The highest BCUT2D eigenvalue weighted by molar-refractivity contribution is 5.77. The molecule has 3 nitrogen and oxygen atoms in total. The minimum absolute atomic E-state index is 0.0422. The van der Waals surface area contributed by atoms with E-state index in [0.717, 1.165) is 38.3 Å². The van der Waals surface area contributed by atoms with Crippen LogP contribution in [0.4, 0.5) is 0 Å². The number of amides is 1. The fraction of sp³-hybridized carbons (Fsp3) is 0.938. The first-order chi connectivity index (χ1) is 9.15. The average Bonchev–Trinajstić information content (AvgIpc) is 2.32. The number of piperidine rings is 1. The van der Waals surface area contributed by atoms with E-state index in [9.17, 15) is 4.79 Å². The molecule has 1 saturated heterocycles. The lowest BCUT2D eigenvalue weighted by molar-refractivity contribution is -0.139. The van der Waals surface area contributed by atoms with Crippen molar-refractivity contribution < 1.29 is 4.79 Å². The Morgan fingerprint density at radius 1 is 1.32 bits per heavy atom. The molecule has 19 heavy (non-hydrogen) atoms. The molecule has 0 bridgehead atoms. The molecule has 1 aliphatic carbocycles. The van der Waals surface area contributed by atoms with Crippen molar-refractivity contribution in [2.45, 2.75) is 70.3 Å². The fourth-order valence-electron chi connectivity index (χ4n) is 3.63. The smallest absolute Gasteiger partial charge is 0.223 e. The molecule has 2 fully saturated rings. The third kappa shape index (κ3) is 3.71. The molecular weight excluding hydrogens is 236 g/mol. The second-order valence-electron chi connectivity index (χ2n) is 6.72. The molecule has 2 rings (SSSR count). The minimum Gasteiger partial charge on any atom is -0.336 e. The van der Waals surface area contributed by atoms with Gasteiger partial charge in [-0.3, -0.25) is 4.79 Å². The number of likely N-dealkylation sites (N-methyl/N-ethyl adjacent to an activating group) is 1. The molecular formula is C16H30N2O. The summed E-state index contributed by atoms with van der Waals surface area (Å²) in [5.74, 6) is 1.31. The summed E-state index contributed by atoms with van der Waals surface area (Å²) in [4.78, 5) is 14.6. The van der Waals surface area contributed by atoms with Crippen molar-refractivity contribution in [2.24, 2.45) is 5.92 Å². The number of hydrogen-bond donors (Lipinski definition) is 1. The summed E-state index contributed by atoms with van der Waals surface area (Å²) >= 11 is 0. The summed E-state index contributed by atoms with van der Waals surface area (Å²) in [7, 11) is 1.99. The van der Waals surface area contributed by atoms with Crippen LogP contribution in [-0.4, -0.2) is 36.5 Å². The van der Waals surface area contributed by atoms with Crippen LogP contribution in [-0.2, 0) is 4.79 Å². The highest BCUT2D eigenvalue weighted by Crippen LogP contribution is 2.32. The molecule has 1 heterocycles. The molecule has 3 heteroatoms. The van der Waals surface area contributed by atoms with E-state index in [1.807, 2.05) is 7.05 Å². The predicted octanol–water partition coefficient (Wildman–Crippen LogP) is 2.95. The van der Waals surface area contributed by atoms with E-state index in [4.69, 9.17) is 0 Å². The summed E-state index contributed by atoms with van der Waals surface area (Å²) in [5, 5.41) is 3.26. The Morgan fingerprint density at radius 2 is 2.11 bits per heavy atom. The maximum atomic E-state index is 12.5. The van der Waals surface area contributed by atoms with Gasteiger partial charge in [0, 0.05) is 19.5 Å². The van der Waals surface area contributed by atoms with Crippen molar-refractivity contribution in [1.82, 2.24) is 10.2 Å². The lowest BCUT2D eigenvalue weighted by Gasteiger charge is -2.45. The predicted molar refractivity (Wildman–Crippen MR) is 79.1 cm³/mol. The Morgan fingerprint density at radius 3 is 2.74 bits per heavy atom. The zero-order valence-electron chi connectivity index (χ0n) is 12.7. The van der Waals surface area contributed by atoms with Crippen molar-refractivity contribution in [3.63, 3.8) is 0 Å². The maximum Gasteiger partial charge on any atom is 0.223 e. The molecule has 1 atom stereocenters. The quantitative estimate of drug-likeness (QED) is 0.801. The van der Waals surface area contributed by atoms with Crippen molar-refractivity contribution in [2.75, 3.05) is 20.1 Å². The first kappa shape index (κ1) is 14.8. The minimum atomic E-state index is 0.0422. The lowest BCUT2D eigenvalue weighted by atomic mass is 9.81. The summed E-state index contributed by atoms with van der Waals surface area (Å²) in [6.45, 7) is 4.12. The van der Waals surface area contributed by atoms with Crippen molar-refractivity contribution in [3.05, 3.63) is 0 Å². The number of hydrogen-bond acceptors (Lipinski definition) is 2. The Balaban J connectivity index is 1.80. The van der Waals surface area contributed by atoms with Crippen LogP contribution in [0.1, 0.15) is 64.7 Å². The van der Waals surface area contributed by atoms with E-state index >= 15 is 0 Å². The SMILES string of the molecule is CNCC1(C)CCCCN1C(=O)CCCC1CCC1. The van der Waals surface area contributed by atoms with Crippen molar-refractivity contribution >= 4 is 5.91 Å². The fourth-order valence-corrected chi connectivity index (χ4v) is 3.63. The van der Waals surface area contributed by atoms with Gasteiger partial charge in [0.1, 0.15) is 0 Å². The van der Waals surface area contributed by atoms with E-state index in [0.29, 0.717) is 5.91 Å². The summed E-state index contributed by atoms with van der Waals surface area (Å²) in [5.41, 5.74) is 0.0422. The molecule has 0 spiro atoms. The average molecular weight is 266 g/mol. The zero-order chi connectivity index (χ0) is 13.7. The maximum absolute atomic E-state index is 12.5. The second-order valence-corrected chi connectivity index (χ2v) is 6.72. The molecule has 0 radical (unpaired) electrons. The number of nitrogens with zero attached hydrogens (tertiary/aromatic N) is 1. The topological polar surface area (TPSA) is 32.3 Å². The van der Waals surface area contributed by atoms with Crippen LogP contribution in [0.15, 0.2) is 0 Å². The van der Waals surface area contributed by atoms with Gasteiger partial charge >= 0.3 is 0 Å². The monoisotopic (exact) mass is 266 g/mol. The lowest BCUT2D eigenvalue weighted by Crippen LogP contribution is -2.57. The molecule has 0 aromatic heterocycles. The summed E-state index contributed by atoms with van der Waals surface area (Å²) in [6, 6.07) is 0. The van der Waals surface area contributed by atoms with E-state index in [1.165, 1.54) is 38.5 Å². The standard InChI is InChI=1S/C16H30N2O/c1-16(13-17-2)11-3-4-12-18(16)15(19)10-6-9-14-7-5-8-14/h14,17H,3-13H2,1-2H3. The molecule has 0 aromatic carbocycles. The van der Waals surface area contributed by atoms with Gasteiger partial charge in [0.2, 0.25) is 5.91 Å². The molecule has 1 amide bonds. The molecule has 1 saturated carbocycles. The number of carbonyl (C=O) groups is 1. The first-order valence-corrected chi connectivity index (χ1v) is 8.11. The first-order valence-electron chi connectivity index (χ1n) is 8.11. The van der Waals surface area contributed by atoms with Crippen LogP contribution in [0.5, 0.6) is 0 Å². The highest BCUT2D eigenvalue weighted by Gasteiger charge is 2.36. The molecule has 2 aliphatic rings. The largest absolute Gasteiger partial charge is 0.336 e. The second kappa shape index (κ2) is 6.74. The van der Waals surface area contributed by atoms with Gasteiger partial charge in [-0.05, 0) is 52.0 Å². The van der Waals surface area contributed by atoms with E-state index in [1.54, 1.807) is 0 Å². The Hall–Kier alpha value is -0.570. The van der Waals surface area contributed by atoms with Crippen LogP contribution in [0.25, 0.3) is 0 Å². The van der Waals surface area contributed by atoms with Gasteiger partial charge < -0.3 is 10.2 Å². The van der Waals surface area contributed by atoms with Crippen molar-refractivity contribution in [1.29, 1.82) is 0 Å². The summed E-state index contributed by atoms with van der Waals surface area (Å²) < 4.78 is 0. The molecule has 1 aliphatic heterocycles. The Kier molecular flexibility index (Phi) is 5.26. The van der Waals surface area contributed by atoms with Crippen LogP contribution in [0.2, 0.25) is 0 Å². The third-order valence-electron chi connectivity index (χ3n) is 5.09. The number of carbonyl (C=O) groups excluding carboxylic acids is 1. The number of rotatable bonds is 6. The van der Waals surface area contributed by atoms with Crippen LogP contribution in [0, 0.1) is 5.92 Å². The van der Waals surface area contributed by atoms with E-state index in [2.05, 4.69) is 17.1 Å². The van der Waals surface area contributed by atoms with Crippen molar-refractivity contribution in [3.8, 4) is 0 Å². The highest BCUT2D eigenvalue weighted by atomic mass is 16.2. The van der Waals surface area contributed by atoms with E-state index in [-0.39, 0.29) is 5.54 Å². The zero-order valence-corrected chi connectivity index (χ0v) is 12.7. The van der Waals surface area contributed by atoms with Gasteiger partial charge in [0.05, 0.1) is 5.54 Å². The molecule has 1 unspecified atom stereocenters. The van der Waals surface area contributed by atoms with Crippen LogP contribution in [0.3, 0.4) is 0 Å². The summed E-state index contributed by atoms with van der Waals surface area (Å²) in [6.07, 6.45) is 10.9. The van der Waals surface area contributed by atoms with Crippen LogP contribution < -0.4 is 5.32 Å². The molecule has 0 aromatic rings. The van der Waals surface area contributed by atoms with Gasteiger partial charge in [-0.1, -0.05) is 19.3 Å². The number of likely N-dealkylation sites (tertiary alicyclic amines) is 1.